The van der Waals surface area contributed by atoms with Crippen LogP contribution in [0.4, 0.5) is 0 Å². The average Bonchev–Trinajstić information content (AvgIpc) is 2.22. The predicted octanol–water partition coefficient (Wildman–Crippen LogP) is 2.30. The molecule has 1 aromatic rings. The zero-order chi connectivity index (χ0) is 12.1. The van der Waals surface area contributed by atoms with Crippen molar-refractivity contribution >= 4 is 0 Å². The van der Waals surface area contributed by atoms with E-state index in [2.05, 4.69) is 0 Å². The van der Waals surface area contributed by atoms with Crippen LogP contribution in [0, 0.1) is 0 Å². The van der Waals surface area contributed by atoms with Crippen LogP contribution in [-0.4, -0.2) is 33.6 Å². The quantitative estimate of drug-likeness (QED) is 0.531. The van der Waals surface area contributed by atoms with Crippen molar-refractivity contribution in [3.8, 4) is 11.5 Å². The lowest BCUT2D eigenvalue weighted by Gasteiger charge is -2.19. The molecule has 0 amide bonds. The smallest absolute Gasteiger partial charge is 0.157 e. The minimum atomic E-state index is -0.121. The molecule has 1 unspecified atom stereocenters. The maximum Gasteiger partial charge on any atom is 0.157 e. The topological polar surface area (TPSA) is 63.9 Å². The number of phenolic OH excluding ortho intramolecular Hbond substituents is 2. The van der Waals surface area contributed by atoms with Crippen LogP contribution in [0.2, 0.25) is 0 Å². The van der Waals surface area contributed by atoms with Crippen LogP contribution in [0.3, 0.4) is 0 Å². The molecule has 4 heteroatoms. The monoisotopic (exact) mass is 225 g/mol. The standard InChI is InChI=1S/C12H19NO3/c1-3-6-13(16)8-9(2)10-4-5-11(14)12(15)7-10/h4-5,7,9,14-16H,3,6,8H2,1-2H3. The van der Waals surface area contributed by atoms with Gasteiger partial charge in [0.15, 0.2) is 11.5 Å². The number of nitrogens with zero attached hydrogens (tertiary/aromatic N) is 1. The summed E-state index contributed by atoms with van der Waals surface area (Å²) in [6, 6.07) is 4.74. The summed E-state index contributed by atoms with van der Waals surface area (Å²) >= 11 is 0. The molecule has 0 aliphatic rings. The number of hydrogen-bond acceptors (Lipinski definition) is 4. The fourth-order valence-electron chi connectivity index (χ4n) is 1.62. The lowest BCUT2D eigenvalue weighted by atomic mass is 10.0. The number of benzene rings is 1. The summed E-state index contributed by atoms with van der Waals surface area (Å²) in [7, 11) is 0. The number of phenols is 2. The third-order valence-corrected chi connectivity index (χ3v) is 2.53. The van der Waals surface area contributed by atoms with Gasteiger partial charge in [-0.2, -0.15) is 5.06 Å². The third kappa shape index (κ3) is 3.40. The maximum absolute atomic E-state index is 9.53. The Kier molecular flexibility index (Phi) is 4.58. The van der Waals surface area contributed by atoms with Gasteiger partial charge in [0.05, 0.1) is 0 Å². The molecule has 0 aliphatic carbocycles. The lowest BCUT2D eigenvalue weighted by molar-refractivity contribution is -0.0936. The molecule has 0 spiro atoms. The van der Waals surface area contributed by atoms with Crippen molar-refractivity contribution in [3.05, 3.63) is 23.8 Å². The molecule has 0 saturated heterocycles. The van der Waals surface area contributed by atoms with Gasteiger partial charge in [0.25, 0.3) is 0 Å². The summed E-state index contributed by atoms with van der Waals surface area (Å²) in [5, 5.41) is 29.3. The van der Waals surface area contributed by atoms with Crippen molar-refractivity contribution < 1.29 is 15.4 Å². The Labute approximate surface area is 95.7 Å². The summed E-state index contributed by atoms with van der Waals surface area (Å²) in [5.41, 5.74) is 0.894. The summed E-state index contributed by atoms with van der Waals surface area (Å²) in [6.45, 7) is 5.11. The summed E-state index contributed by atoms with van der Waals surface area (Å²) in [6.07, 6.45) is 0.893. The van der Waals surface area contributed by atoms with Gasteiger partial charge in [0, 0.05) is 13.1 Å². The average molecular weight is 225 g/mol. The molecule has 0 heterocycles. The summed E-state index contributed by atoms with van der Waals surface area (Å²) in [5.74, 6) is -0.141. The van der Waals surface area contributed by atoms with E-state index in [9.17, 15) is 15.4 Å². The Balaban J connectivity index is 2.65. The molecule has 0 fully saturated rings. The molecule has 0 radical (unpaired) electrons. The minimum Gasteiger partial charge on any atom is -0.504 e. The van der Waals surface area contributed by atoms with E-state index in [0.717, 1.165) is 12.0 Å². The highest BCUT2D eigenvalue weighted by molar-refractivity contribution is 5.41. The van der Waals surface area contributed by atoms with Gasteiger partial charge in [-0.25, -0.2) is 0 Å². The van der Waals surface area contributed by atoms with Crippen LogP contribution < -0.4 is 0 Å². The second kappa shape index (κ2) is 5.72. The van der Waals surface area contributed by atoms with Gasteiger partial charge in [0.2, 0.25) is 0 Å². The second-order valence-corrected chi connectivity index (χ2v) is 4.06. The van der Waals surface area contributed by atoms with Gasteiger partial charge in [-0.15, -0.1) is 0 Å². The molecule has 1 rings (SSSR count). The highest BCUT2D eigenvalue weighted by Gasteiger charge is 2.11. The number of hydroxylamine groups is 2. The Morgan fingerprint density at radius 3 is 2.50 bits per heavy atom. The normalized spacial score (nSPS) is 13.0. The molecule has 0 saturated carbocycles. The Bertz CT molecular complexity index is 341. The van der Waals surface area contributed by atoms with E-state index in [1.807, 2.05) is 13.8 Å². The molecule has 0 aromatic heterocycles. The van der Waals surface area contributed by atoms with E-state index >= 15 is 0 Å². The number of hydrogen-bond donors (Lipinski definition) is 3. The molecular formula is C12H19NO3. The Morgan fingerprint density at radius 2 is 1.94 bits per heavy atom. The Hall–Kier alpha value is -1.26. The van der Waals surface area contributed by atoms with E-state index in [-0.39, 0.29) is 17.4 Å². The summed E-state index contributed by atoms with van der Waals surface area (Å²) < 4.78 is 0. The zero-order valence-electron chi connectivity index (χ0n) is 9.72. The predicted molar refractivity (Wildman–Crippen MR) is 61.8 cm³/mol. The second-order valence-electron chi connectivity index (χ2n) is 4.06. The molecule has 0 bridgehead atoms. The SMILES string of the molecule is CCCN(O)CC(C)c1ccc(O)c(O)c1. The van der Waals surface area contributed by atoms with Gasteiger partial charge < -0.3 is 15.4 Å². The number of rotatable bonds is 5. The molecule has 1 aromatic carbocycles. The summed E-state index contributed by atoms with van der Waals surface area (Å²) in [4.78, 5) is 0. The molecule has 90 valence electrons. The van der Waals surface area contributed by atoms with Gasteiger partial charge in [-0.3, -0.25) is 0 Å². The van der Waals surface area contributed by atoms with Crippen molar-refractivity contribution in [2.45, 2.75) is 26.2 Å². The van der Waals surface area contributed by atoms with Crippen molar-refractivity contribution in [2.24, 2.45) is 0 Å². The first-order valence-corrected chi connectivity index (χ1v) is 5.50. The molecule has 0 aliphatic heterocycles. The first-order chi connectivity index (χ1) is 7.54. The van der Waals surface area contributed by atoms with Crippen LogP contribution in [0.5, 0.6) is 11.5 Å². The fourth-order valence-corrected chi connectivity index (χ4v) is 1.62. The van der Waals surface area contributed by atoms with Crippen LogP contribution >= 0.6 is 0 Å². The van der Waals surface area contributed by atoms with E-state index in [1.165, 1.54) is 17.2 Å². The van der Waals surface area contributed by atoms with Gasteiger partial charge in [0.1, 0.15) is 0 Å². The third-order valence-electron chi connectivity index (χ3n) is 2.53. The molecular weight excluding hydrogens is 206 g/mol. The molecule has 3 N–H and O–H groups in total. The van der Waals surface area contributed by atoms with E-state index < -0.39 is 0 Å². The van der Waals surface area contributed by atoms with E-state index in [1.54, 1.807) is 6.07 Å². The first-order valence-electron chi connectivity index (χ1n) is 5.50. The fraction of sp³-hybridized carbons (Fsp3) is 0.500. The highest BCUT2D eigenvalue weighted by atomic mass is 16.5. The largest absolute Gasteiger partial charge is 0.504 e. The van der Waals surface area contributed by atoms with Crippen LogP contribution in [-0.2, 0) is 0 Å². The minimum absolute atomic E-state index is 0.100. The van der Waals surface area contributed by atoms with E-state index in [4.69, 9.17) is 0 Å². The van der Waals surface area contributed by atoms with Crippen molar-refractivity contribution in [3.63, 3.8) is 0 Å². The van der Waals surface area contributed by atoms with Crippen molar-refractivity contribution in [1.29, 1.82) is 0 Å². The van der Waals surface area contributed by atoms with Gasteiger partial charge >= 0.3 is 0 Å². The lowest BCUT2D eigenvalue weighted by Crippen LogP contribution is -2.24. The zero-order valence-corrected chi connectivity index (χ0v) is 9.72. The van der Waals surface area contributed by atoms with Crippen molar-refractivity contribution in [1.82, 2.24) is 5.06 Å². The molecule has 1 atom stereocenters. The van der Waals surface area contributed by atoms with Crippen LogP contribution in [0.25, 0.3) is 0 Å². The van der Waals surface area contributed by atoms with Crippen molar-refractivity contribution in [2.75, 3.05) is 13.1 Å². The van der Waals surface area contributed by atoms with Crippen LogP contribution in [0.1, 0.15) is 31.7 Å². The molecule has 4 nitrogen and oxygen atoms in total. The van der Waals surface area contributed by atoms with Crippen LogP contribution in [0.15, 0.2) is 18.2 Å². The number of aromatic hydroxyl groups is 2. The Morgan fingerprint density at radius 1 is 1.25 bits per heavy atom. The molecule has 16 heavy (non-hydrogen) atoms. The van der Waals surface area contributed by atoms with Gasteiger partial charge in [-0.05, 0) is 30.0 Å². The first kappa shape index (κ1) is 12.8. The van der Waals surface area contributed by atoms with E-state index in [0.29, 0.717) is 13.1 Å². The highest BCUT2D eigenvalue weighted by Crippen LogP contribution is 2.28. The van der Waals surface area contributed by atoms with Gasteiger partial charge in [-0.1, -0.05) is 19.9 Å². The maximum atomic E-state index is 9.53.